The predicted molar refractivity (Wildman–Crippen MR) is 121 cm³/mol. The number of carbonyl (C=O) groups is 1. The van der Waals surface area contributed by atoms with Crippen LogP contribution in [0.1, 0.15) is 16.1 Å². The maximum atomic E-state index is 13.3. The molecule has 182 valence electrons. The molecule has 1 amide bonds. The van der Waals surface area contributed by atoms with E-state index in [-0.39, 0.29) is 16.1 Å². The van der Waals surface area contributed by atoms with Gasteiger partial charge in [0.15, 0.2) is 0 Å². The largest absolute Gasteiger partial charge is 0.406 e. The van der Waals surface area contributed by atoms with Crippen molar-refractivity contribution in [2.75, 3.05) is 24.9 Å². The highest BCUT2D eigenvalue weighted by molar-refractivity contribution is 7.92. The number of anilines is 1. The molecule has 3 rings (SSSR count). The number of para-hydroxylation sites is 1. The normalized spacial score (nSPS) is 12.0. The summed E-state index contributed by atoms with van der Waals surface area (Å²) in [6.07, 6.45) is -4.60. The lowest BCUT2D eigenvalue weighted by Crippen LogP contribution is -2.36. The van der Waals surface area contributed by atoms with Gasteiger partial charge in [0.05, 0.1) is 16.3 Å². The molecular weight excluding hydrogens is 473 g/mol. The standard InChI is InChI=1S/C22H23F3N4O4S/c1-15-19(21(31)29(27(15)3)17-10-6-5-7-11-17)28(4)34(32,33)18-12-8-9-16(13-18)20(30)26(2)14-22(23,24)25/h5-13H,14H2,1-4H3. The molecule has 0 fully saturated rings. The third-order valence-electron chi connectivity index (χ3n) is 5.34. The molecule has 0 N–H and O–H groups in total. The van der Waals surface area contributed by atoms with Crippen LogP contribution in [-0.2, 0) is 17.1 Å². The van der Waals surface area contributed by atoms with Gasteiger partial charge in [-0.3, -0.25) is 18.6 Å². The van der Waals surface area contributed by atoms with Crippen LogP contribution in [0, 0.1) is 6.92 Å². The van der Waals surface area contributed by atoms with E-state index in [0.29, 0.717) is 16.3 Å². The Bertz CT molecular complexity index is 1380. The Morgan fingerprint density at radius 2 is 1.65 bits per heavy atom. The summed E-state index contributed by atoms with van der Waals surface area (Å²) in [5.41, 5.74) is 0.00640. The van der Waals surface area contributed by atoms with Crippen molar-refractivity contribution in [3.05, 3.63) is 76.2 Å². The third kappa shape index (κ3) is 4.72. The van der Waals surface area contributed by atoms with Crippen molar-refractivity contribution in [1.29, 1.82) is 0 Å². The van der Waals surface area contributed by atoms with E-state index < -0.39 is 34.2 Å². The number of nitrogens with zero attached hydrogens (tertiary/aromatic N) is 4. The molecule has 0 aliphatic rings. The minimum atomic E-state index is -4.60. The van der Waals surface area contributed by atoms with E-state index in [2.05, 4.69) is 0 Å². The summed E-state index contributed by atoms with van der Waals surface area (Å²) in [6.45, 7) is 0.110. The van der Waals surface area contributed by atoms with Gasteiger partial charge >= 0.3 is 6.18 Å². The molecule has 0 saturated heterocycles. The summed E-state index contributed by atoms with van der Waals surface area (Å²) in [4.78, 5) is 25.7. The molecule has 34 heavy (non-hydrogen) atoms. The first-order valence-electron chi connectivity index (χ1n) is 10.0. The lowest BCUT2D eigenvalue weighted by atomic mass is 10.2. The molecule has 0 aliphatic carbocycles. The number of sulfonamides is 1. The fourth-order valence-corrected chi connectivity index (χ4v) is 4.84. The average Bonchev–Trinajstić information content (AvgIpc) is 3.00. The molecule has 0 bridgehead atoms. The Morgan fingerprint density at radius 3 is 2.24 bits per heavy atom. The molecule has 1 heterocycles. The summed E-state index contributed by atoms with van der Waals surface area (Å²) in [7, 11) is -0.530. The maximum Gasteiger partial charge on any atom is 0.406 e. The van der Waals surface area contributed by atoms with E-state index in [9.17, 15) is 31.2 Å². The molecule has 0 atom stereocenters. The average molecular weight is 497 g/mol. The fourth-order valence-electron chi connectivity index (χ4n) is 3.55. The first-order valence-corrected chi connectivity index (χ1v) is 11.4. The molecule has 0 saturated carbocycles. The minimum absolute atomic E-state index is 0.0997. The first-order chi connectivity index (χ1) is 15.8. The molecule has 0 unspecified atom stereocenters. The highest BCUT2D eigenvalue weighted by Gasteiger charge is 2.33. The van der Waals surface area contributed by atoms with E-state index >= 15 is 0 Å². The number of aromatic nitrogens is 2. The van der Waals surface area contributed by atoms with Gasteiger partial charge in [0.1, 0.15) is 12.2 Å². The summed E-state index contributed by atoms with van der Waals surface area (Å²) in [6, 6.07) is 13.3. The second-order valence-corrected chi connectivity index (χ2v) is 9.66. The Hall–Kier alpha value is -3.54. The molecule has 12 heteroatoms. The van der Waals surface area contributed by atoms with Crippen molar-refractivity contribution in [2.24, 2.45) is 7.05 Å². The zero-order valence-corrected chi connectivity index (χ0v) is 19.7. The highest BCUT2D eigenvalue weighted by atomic mass is 32.2. The van der Waals surface area contributed by atoms with Crippen LogP contribution in [0.2, 0.25) is 0 Å². The molecule has 2 aromatic carbocycles. The third-order valence-corrected chi connectivity index (χ3v) is 7.09. The Labute approximate surface area is 194 Å². The van der Waals surface area contributed by atoms with Crippen molar-refractivity contribution < 1.29 is 26.4 Å². The van der Waals surface area contributed by atoms with Crippen LogP contribution in [0.4, 0.5) is 18.9 Å². The number of amides is 1. The van der Waals surface area contributed by atoms with E-state index in [1.54, 1.807) is 44.3 Å². The first kappa shape index (κ1) is 25.1. The van der Waals surface area contributed by atoms with Gasteiger partial charge < -0.3 is 4.90 Å². The van der Waals surface area contributed by atoms with Crippen molar-refractivity contribution >= 4 is 21.6 Å². The van der Waals surface area contributed by atoms with Crippen LogP contribution in [0.15, 0.2) is 64.3 Å². The van der Waals surface area contributed by atoms with E-state index in [1.807, 2.05) is 0 Å². The van der Waals surface area contributed by atoms with Gasteiger partial charge in [-0.25, -0.2) is 13.1 Å². The zero-order valence-electron chi connectivity index (χ0n) is 18.9. The quantitative estimate of drug-likeness (QED) is 0.525. The molecular formula is C22H23F3N4O4S. The maximum absolute atomic E-state index is 13.3. The summed E-state index contributed by atoms with van der Waals surface area (Å²) in [5, 5.41) is 0. The highest BCUT2D eigenvalue weighted by Crippen LogP contribution is 2.25. The van der Waals surface area contributed by atoms with Gasteiger partial charge in [0.25, 0.3) is 21.5 Å². The number of carbonyl (C=O) groups excluding carboxylic acids is 1. The smallest absolute Gasteiger partial charge is 0.333 e. The number of rotatable bonds is 6. The van der Waals surface area contributed by atoms with E-state index in [0.717, 1.165) is 17.4 Å². The zero-order chi connectivity index (χ0) is 25.4. The van der Waals surface area contributed by atoms with Crippen LogP contribution in [0.5, 0.6) is 0 Å². The van der Waals surface area contributed by atoms with Gasteiger partial charge in [0.2, 0.25) is 0 Å². The molecule has 1 aromatic heterocycles. The number of alkyl halides is 3. The van der Waals surface area contributed by atoms with Gasteiger partial charge in [-0.2, -0.15) is 13.2 Å². The second-order valence-electron chi connectivity index (χ2n) is 7.69. The van der Waals surface area contributed by atoms with Crippen molar-refractivity contribution in [3.8, 4) is 5.69 Å². The molecule has 0 spiro atoms. The second kappa shape index (κ2) is 9.01. The molecule has 0 radical (unpaired) electrons. The molecule has 8 nitrogen and oxygen atoms in total. The number of hydrogen-bond donors (Lipinski definition) is 0. The van der Waals surface area contributed by atoms with Crippen molar-refractivity contribution in [2.45, 2.75) is 18.0 Å². The molecule has 3 aromatic rings. The van der Waals surface area contributed by atoms with Crippen molar-refractivity contribution in [3.63, 3.8) is 0 Å². The Balaban J connectivity index is 2.02. The summed E-state index contributed by atoms with van der Waals surface area (Å²) < 4.78 is 68.3. The topological polar surface area (TPSA) is 84.6 Å². The monoisotopic (exact) mass is 496 g/mol. The lowest BCUT2D eigenvalue weighted by molar-refractivity contribution is -0.138. The van der Waals surface area contributed by atoms with Crippen LogP contribution >= 0.6 is 0 Å². The van der Waals surface area contributed by atoms with Crippen molar-refractivity contribution in [1.82, 2.24) is 14.3 Å². The SMILES string of the molecule is Cc1c(N(C)S(=O)(=O)c2cccc(C(=O)N(C)CC(F)(F)F)c2)c(=O)n(-c2ccccc2)n1C. The van der Waals surface area contributed by atoms with E-state index in [1.165, 1.54) is 34.6 Å². The van der Waals surface area contributed by atoms with Gasteiger partial charge in [-0.05, 0) is 37.3 Å². The lowest BCUT2D eigenvalue weighted by Gasteiger charge is -2.20. The molecule has 0 aliphatic heterocycles. The Kier molecular flexibility index (Phi) is 6.65. The minimum Gasteiger partial charge on any atom is -0.333 e. The van der Waals surface area contributed by atoms with Gasteiger partial charge in [-0.15, -0.1) is 0 Å². The fraction of sp³-hybridized carbons (Fsp3) is 0.273. The Morgan fingerprint density at radius 1 is 1.03 bits per heavy atom. The number of benzene rings is 2. The van der Waals surface area contributed by atoms with E-state index in [4.69, 9.17) is 0 Å². The van der Waals surface area contributed by atoms with Crippen LogP contribution in [0.3, 0.4) is 0 Å². The summed E-state index contributed by atoms with van der Waals surface area (Å²) in [5.74, 6) is -0.987. The summed E-state index contributed by atoms with van der Waals surface area (Å²) >= 11 is 0. The van der Waals surface area contributed by atoms with Crippen LogP contribution in [-0.4, -0.2) is 55.4 Å². The van der Waals surface area contributed by atoms with Crippen LogP contribution in [0.25, 0.3) is 5.69 Å². The van der Waals surface area contributed by atoms with Gasteiger partial charge in [-0.1, -0.05) is 24.3 Å². The van der Waals surface area contributed by atoms with Gasteiger partial charge in [0, 0.05) is 26.7 Å². The van der Waals surface area contributed by atoms with Crippen LogP contribution < -0.4 is 9.86 Å². The predicted octanol–water partition coefficient (Wildman–Crippen LogP) is 2.94. The number of hydrogen-bond acceptors (Lipinski definition) is 4. The number of halogens is 3.